The van der Waals surface area contributed by atoms with Crippen LogP contribution in [-0.4, -0.2) is 24.0 Å². The van der Waals surface area contributed by atoms with Gasteiger partial charge in [-0.15, -0.1) is 0 Å². The average molecular weight is 452 g/mol. The molecule has 4 rings (SSSR count). The van der Waals surface area contributed by atoms with Crippen molar-refractivity contribution in [2.45, 2.75) is 25.0 Å². The van der Waals surface area contributed by atoms with Gasteiger partial charge in [0, 0.05) is 21.8 Å². The molecular formula is C18H16Br2N2O2. The second-order valence-corrected chi connectivity index (χ2v) is 7.82. The van der Waals surface area contributed by atoms with E-state index >= 15 is 0 Å². The maximum atomic E-state index is 13.1. The van der Waals surface area contributed by atoms with Crippen molar-refractivity contribution < 1.29 is 9.53 Å². The van der Waals surface area contributed by atoms with Crippen LogP contribution in [0.2, 0.25) is 0 Å². The minimum atomic E-state index is -0.247. The average Bonchev–Trinajstić information content (AvgIpc) is 3.39. The van der Waals surface area contributed by atoms with Crippen LogP contribution in [0.3, 0.4) is 0 Å². The van der Waals surface area contributed by atoms with E-state index in [1.165, 1.54) is 0 Å². The van der Waals surface area contributed by atoms with Gasteiger partial charge in [-0.3, -0.25) is 4.79 Å². The molecule has 0 aromatic heterocycles. The molecule has 1 amide bonds. The Morgan fingerprint density at radius 3 is 2.67 bits per heavy atom. The minimum Gasteiger partial charge on any atom is -0.495 e. The molecule has 6 heteroatoms. The SMILES string of the molecule is COc1c(Br)cc(Br)cc1[C@@H]1Nc2ccccc2C(=O)N1C1CC1. The molecule has 0 saturated heterocycles. The molecule has 0 radical (unpaired) electrons. The number of benzene rings is 2. The first-order valence-corrected chi connectivity index (χ1v) is 9.40. The van der Waals surface area contributed by atoms with Gasteiger partial charge in [0.05, 0.1) is 17.1 Å². The number of rotatable bonds is 3. The zero-order valence-electron chi connectivity index (χ0n) is 13.1. The van der Waals surface area contributed by atoms with E-state index in [1.54, 1.807) is 7.11 Å². The first-order valence-electron chi connectivity index (χ1n) is 7.81. The van der Waals surface area contributed by atoms with Crippen molar-refractivity contribution in [1.29, 1.82) is 0 Å². The Balaban J connectivity index is 1.86. The second kappa shape index (κ2) is 6.08. The summed E-state index contributed by atoms with van der Waals surface area (Å²) in [5.41, 5.74) is 2.53. The number of methoxy groups -OCH3 is 1. The topological polar surface area (TPSA) is 41.6 Å². The molecule has 2 aromatic rings. The van der Waals surface area contributed by atoms with E-state index in [-0.39, 0.29) is 18.1 Å². The second-order valence-electron chi connectivity index (χ2n) is 6.05. The Kier molecular flexibility index (Phi) is 4.04. The molecule has 0 unspecified atom stereocenters. The Hall–Kier alpha value is -1.53. The summed E-state index contributed by atoms with van der Waals surface area (Å²) in [5.74, 6) is 0.823. The number of fused-ring (bicyclic) bond motifs is 1. The predicted octanol–water partition coefficient (Wildman–Crippen LogP) is 4.95. The number of carbonyl (C=O) groups is 1. The van der Waals surface area contributed by atoms with Gasteiger partial charge in [0.15, 0.2) is 0 Å². The lowest BCUT2D eigenvalue weighted by molar-refractivity contribution is 0.0664. The molecule has 1 aliphatic carbocycles. The predicted molar refractivity (Wildman–Crippen MR) is 100 cm³/mol. The van der Waals surface area contributed by atoms with Crippen LogP contribution >= 0.6 is 31.9 Å². The minimum absolute atomic E-state index is 0.0787. The Labute approximate surface area is 157 Å². The van der Waals surface area contributed by atoms with Crippen LogP contribution in [0.1, 0.15) is 34.9 Å². The van der Waals surface area contributed by atoms with Crippen LogP contribution in [0, 0.1) is 0 Å². The highest BCUT2D eigenvalue weighted by Crippen LogP contribution is 2.45. The Morgan fingerprint density at radius 1 is 1.21 bits per heavy atom. The first kappa shape index (κ1) is 16.0. The molecule has 1 saturated carbocycles. The number of anilines is 1. The standard InChI is InChI=1S/C18H16Br2N2O2/c1-24-16-13(8-10(19)9-14(16)20)17-21-15-5-3-2-4-12(15)18(23)22(17)11-6-7-11/h2-5,8-9,11,17,21H,6-7H2,1H3/t17-/m1/s1. The maximum absolute atomic E-state index is 13.1. The zero-order chi connectivity index (χ0) is 16.8. The van der Waals surface area contributed by atoms with E-state index in [4.69, 9.17) is 4.74 Å². The van der Waals surface area contributed by atoms with Gasteiger partial charge in [-0.25, -0.2) is 0 Å². The largest absolute Gasteiger partial charge is 0.495 e. The van der Waals surface area contributed by atoms with Crippen molar-refractivity contribution in [3.05, 3.63) is 56.5 Å². The third kappa shape index (κ3) is 2.62. The van der Waals surface area contributed by atoms with E-state index < -0.39 is 0 Å². The maximum Gasteiger partial charge on any atom is 0.258 e. The fourth-order valence-corrected chi connectivity index (χ4v) is 4.64. The summed E-state index contributed by atoms with van der Waals surface area (Å²) in [4.78, 5) is 15.0. The van der Waals surface area contributed by atoms with E-state index in [0.717, 1.165) is 44.4 Å². The van der Waals surface area contributed by atoms with Gasteiger partial charge in [-0.2, -0.15) is 0 Å². The summed E-state index contributed by atoms with van der Waals surface area (Å²) in [6.07, 6.45) is 1.84. The summed E-state index contributed by atoms with van der Waals surface area (Å²) in [5, 5.41) is 3.53. The van der Waals surface area contributed by atoms with E-state index in [2.05, 4.69) is 37.2 Å². The smallest absolute Gasteiger partial charge is 0.258 e. The lowest BCUT2D eigenvalue weighted by Gasteiger charge is -2.39. The number of carbonyl (C=O) groups excluding carboxylic acids is 1. The van der Waals surface area contributed by atoms with Gasteiger partial charge >= 0.3 is 0 Å². The highest BCUT2D eigenvalue weighted by Gasteiger charge is 2.43. The van der Waals surface area contributed by atoms with Gasteiger partial charge in [-0.05, 0) is 53.0 Å². The number of para-hydroxylation sites is 1. The van der Waals surface area contributed by atoms with Gasteiger partial charge in [0.25, 0.3) is 5.91 Å². The number of nitrogens with one attached hydrogen (secondary N) is 1. The van der Waals surface area contributed by atoms with Crippen molar-refractivity contribution >= 4 is 43.5 Å². The van der Waals surface area contributed by atoms with Gasteiger partial charge < -0.3 is 15.0 Å². The quantitative estimate of drug-likeness (QED) is 0.717. The van der Waals surface area contributed by atoms with E-state index in [9.17, 15) is 4.79 Å². The molecule has 1 atom stereocenters. The molecule has 124 valence electrons. The Morgan fingerprint density at radius 2 is 1.96 bits per heavy atom. The van der Waals surface area contributed by atoms with Crippen LogP contribution in [0.4, 0.5) is 5.69 Å². The molecule has 1 heterocycles. The zero-order valence-corrected chi connectivity index (χ0v) is 16.2. The number of hydrogen-bond acceptors (Lipinski definition) is 3. The molecule has 1 fully saturated rings. The van der Waals surface area contributed by atoms with Crippen molar-refractivity contribution in [2.24, 2.45) is 0 Å². The van der Waals surface area contributed by atoms with Crippen LogP contribution in [0.5, 0.6) is 5.75 Å². The van der Waals surface area contributed by atoms with Crippen molar-refractivity contribution in [3.8, 4) is 5.75 Å². The summed E-state index contributed by atoms with van der Waals surface area (Å²) in [7, 11) is 1.65. The normalized spacial score (nSPS) is 19.7. The molecule has 1 aliphatic heterocycles. The number of ether oxygens (including phenoxy) is 1. The Bertz CT molecular complexity index is 821. The van der Waals surface area contributed by atoms with Crippen molar-refractivity contribution in [3.63, 3.8) is 0 Å². The van der Waals surface area contributed by atoms with Crippen LogP contribution < -0.4 is 10.1 Å². The van der Waals surface area contributed by atoms with Gasteiger partial charge in [0.1, 0.15) is 11.9 Å². The van der Waals surface area contributed by atoms with E-state index in [1.807, 2.05) is 41.3 Å². The van der Waals surface area contributed by atoms with Crippen LogP contribution in [-0.2, 0) is 0 Å². The highest BCUT2D eigenvalue weighted by molar-refractivity contribution is 9.11. The van der Waals surface area contributed by atoms with Crippen molar-refractivity contribution in [1.82, 2.24) is 4.90 Å². The first-order chi connectivity index (χ1) is 11.6. The fraction of sp³-hybridized carbons (Fsp3) is 0.278. The van der Waals surface area contributed by atoms with Crippen molar-refractivity contribution in [2.75, 3.05) is 12.4 Å². The number of hydrogen-bond donors (Lipinski definition) is 1. The number of halogens is 2. The van der Waals surface area contributed by atoms with E-state index in [0.29, 0.717) is 0 Å². The summed E-state index contributed by atoms with van der Waals surface area (Å²) >= 11 is 7.10. The number of nitrogens with zero attached hydrogens (tertiary/aromatic N) is 1. The molecule has 2 aromatic carbocycles. The molecule has 1 N–H and O–H groups in total. The lowest BCUT2D eigenvalue weighted by atomic mass is 10.0. The summed E-state index contributed by atoms with van der Waals surface area (Å²) < 4.78 is 7.41. The fourth-order valence-electron chi connectivity index (χ4n) is 3.22. The van der Waals surface area contributed by atoms with Crippen LogP contribution in [0.25, 0.3) is 0 Å². The van der Waals surface area contributed by atoms with Crippen LogP contribution in [0.15, 0.2) is 45.3 Å². The third-order valence-electron chi connectivity index (χ3n) is 4.44. The third-order valence-corrected chi connectivity index (χ3v) is 5.49. The van der Waals surface area contributed by atoms with Gasteiger partial charge in [0.2, 0.25) is 0 Å². The van der Waals surface area contributed by atoms with Gasteiger partial charge in [-0.1, -0.05) is 28.1 Å². The molecular weight excluding hydrogens is 436 g/mol. The molecule has 24 heavy (non-hydrogen) atoms. The number of amides is 1. The highest BCUT2D eigenvalue weighted by atomic mass is 79.9. The summed E-state index contributed by atoms with van der Waals surface area (Å²) in [6.45, 7) is 0. The molecule has 0 bridgehead atoms. The monoisotopic (exact) mass is 450 g/mol. The summed E-state index contributed by atoms with van der Waals surface area (Å²) in [6, 6.07) is 11.9. The molecule has 2 aliphatic rings. The molecule has 0 spiro atoms. The lowest BCUT2D eigenvalue weighted by Crippen LogP contribution is -2.44. The molecule has 4 nitrogen and oxygen atoms in total.